The highest BCUT2D eigenvalue weighted by molar-refractivity contribution is 5.21. The van der Waals surface area contributed by atoms with Gasteiger partial charge in [0, 0.05) is 6.42 Å². The first-order valence-corrected chi connectivity index (χ1v) is 7.81. The van der Waals surface area contributed by atoms with Gasteiger partial charge in [0.15, 0.2) is 0 Å². The monoisotopic (exact) mass is 288 g/mol. The summed E-state index contributed by atoms with van der Waals surface area (Å²) in [6, 6.07) is 19.7. The zero-order valence-corrected chi connectivity index (χ0v) is 13.7. The lowest BCUT2D eigenvalue weighted by Gasteiger charge is -2.07. The molecule has 0 unspecified atom stereocenters. The molecule has 0 atom stereocenters. The molecule has 0 saturated carbocycles. The maximum atomic E-state index is 5.56. The van der Waals surface area contributed by atoms with Crippen LogP contribution in [0.15, 0.2) is 60.7 Å². The van der Waals surface area contributed by atoms with E-state index in [2.05, 4.69) is 0 Å². The Morgan fingerprint density at radius 3 is 1.24 bits per heavy atom. The first kappa shape index (κ1) is 19.0. The number of ether oxygens (including phenoxy) is 2. The molecule has 0 saturated heterocycles. The van der Waals surface area contributed by atoms with E-state index in [1.165, 1.54) is 0 Å². The SMILES string of the molecule is CC.CC.c1ccc(OCCCOc2ccccc2)cc1. The van der Waals surface area contributed by atoms with Gasteiger partial charge in [0.1, 0.15) is 11.5 Å². The van der Waals surface area contributed by atoms with E-state index in [0.717, 1.165) is 17.9 Å². The average molecular weight is 288 g/mol. The van der Waals surface area contributed by atoms with Crippen LogP contribution in [0.5, 0.6) is 11.5 Å². The van der Waals surface area contributed by atoms with Gasteiger partial charge in [-0.05, 0) is 24.3 Å². The lowest BCUT2D eigenvalue weighted by Crippen LogP contribution is -2.04. The van der Waals surface area contributed by atoms with Gasteiger partial charge < -0.3 is 9.47 Å². The molecule has 0 radical (unpaired) electrons. The van der Waals surface area contributed by atoms with Gasteiger partial charge in [0.05, 0.1) is 13.2 Å². The van der Waals surface area contributed by atoms with Crippen molar-refractivity contribution in [3.05, 3.63) is 60.7 Å². The summed E-state index contributed by atoms with van der Waals surface area (Å²) in [5.41, 5.74) is 0. The van der Waals surface area contributed by atoms with Gasteiger partial charge in [-0.1, -0.05) is 64.1 Å². The van der Waals surface area contributed by atoms with Gasteiger partial charge in [0.25, 0.3) is 0 Å². The van der Waals surface area contributed by atoms with E-state index >= 15 is 0 Å². The molecule has 2 nitrogen and oxygen atoms in total. The number of para-hydroxylation sites is 2. The molecule has 116 valence electrons. The van der Waals surface area contributed by atoms with E-state index in [1.807, 2.05) is 88.4 Å². The zero-order chi connectivity index (χ0) is 15.8. The fraction of sp³-hybridized carbons (Fsp3) is 0.368. The van der Waals surface area contributed by atoms with E-state index in [1.54, 1.807) is 0 Å². The summed E-state index contributed by atoms with van der Waals surface area (Å²) in [7, 11) is 0. The molecule has 0 fully saturated rings. The smallest absolute Gasteiger partial charge is 0.119 e. The van der Waals surface area contributed by atoms with Crippen molar-refractivity contribution in [3.63, 3.8) is 0 Å². The lowest BCUT2D eigenvalue weighted by molar-refractivity contribution is 0.247. The van der Waals surface area contributed by atoms with Crippen LogP contribution < -0.4 is 9.47 Å². The Labute approximate surface area is 129 Å². The van der Waals surface area contributed by atoms with Crippen LogP contribution in [0.4, 0.5) is 0 Å². The van der Waals surface area contributed by atoms with Crippen molar-refractivity contribution in [2.45, 2.75) is 34.1 Å². The molecule has 2 aromatic carbocycles. The maximum Gasteiger partial charge on any atom is 0.119 e. The molecule has 0 aliphatic heterocycles. The second-order valence-electron chi connectivity index (χ2n) is 3.68. The van der Waals surface area contributed by atoms with Gasteiger partial charge in [-0.25, -0.2) is 0 Å². The molecule has 0 amide bonds. The summed E-state index contributed by atoms with van der Waals surface area (Å²) in [6.45, 7) is 9.35. The van der Waals surface area contributed by atoms with Crippen molar-refractivity contribution in [1.82, 2.24) is 0 Å². The van der Waals surface area contributed by atoms with Crippen molar-refractivity contribution >= 4 is 0 Å². The summed E-state index contributed by atoms with van der Waals surface area (Å²) in [5, 5.41) is 0. The standard InChI is InChI=1S/C15H16O2.2C2H6/c1-3-8-14(9-4-1)16-12-7-13-17-15-10-5-2-6-11-15;2*1-2/h1-6,8-11H,7,12-13H2;2*1-2H3. The Morgan fingerprint density at radius 2 is 0.905 bits per heavy atom. The van der Waals surface area contributed by atoms with Crippen LogP contribution in [0.3, 0.4) is 0 Å². The molecule has 0 aliphatic rings. The number of benzene rings is 2. The van der Waals surface area contributed by atoms with Crippen molar-refractivity contribution in [3.8, 4) is 11.5 Å². The van der Waals surface area contributed by atoms with Crippen LogP contribution in [0, 0.1) is 0 Å². The van der Waals surface area contributed by atoms with Crippen LogP contribution in [-0.2, 0) is 0 Å². The molecular weight excluding hydrogens is 260 g/mol. The summed E-state index contributed by atoms with van der Waals surface area (Å²) in [4.78, 5) is 0. The third-order valence-corrected chi connectivity index (χ3v) is 2.31. The highest BCUT2D eigenvalue weighted by Crippen LogP contribution is 2.10. The summed E-state index contributed by atoms with van der Waals surface area (Å²) >= 11 is 0. The summed E-state index contributed by atoms with van der Waals surface area (Å²) in [5.74, 6) is 1.82. The number of rotatable bonds is 6. The van der Waals surface area contributed by atoms with Crippen molar-refractivity contribution in [2.24, 2.45) is 0 Å². The molecule has 21 heavy (non-hydrogen) atoms. The average Bonchev–Trinajstić information content (AvgIpc) is 2.60. The normalized spacial score (nSPS) is 8.57. The fourth-order valence-electron chi connectivity index (χ4n) is 1.47. The topological polar surface area (TPSA) is 18.5 Å². The summed E-state index contributed by atoms with van der Waals surface area (Å²) < 4.78 is 11.1. The first-order valence-electron chi connectivity index (χ1n) is 7.81. The van der Waals surface area contributed by atoms with Crippen LogP contribution in [0.25, 0.3) is 0 Å². The minimum atomic E-state index is 0.677. The van der Waals surface area contributed by atoms with Crippen molar-refractivity contribution in [2.75, 3.05) is 13.2 Å². The van der Waals surface area contributed by atoms with E-state index in [0.29, 0.717) is 13.2 Å². The Morgan fingerprint density at radius 1 is 0.571 bits per heavy atom. The van der Waals surface area contributed by atoms with Gasteiger partial charge in [0.2, 0.25) is 0 Å². The van der Waals surface area contributed by atoms with Crippen LogP contribution >= 0.6 is 0 Å². The molecule has 2 heteroatoms. The van der Waals surface area contributed by atoms with E-state index in [9.17, 15) is 0 Å². The van der Waals surface area contributed by atoms with Gasteiger partial charge in [-0.3, -0.25) is 0 Å². The van der Waals surface area contributed by atoms with Crippen LogP contribution in [0.1, 0.15) is 34.1 Å². The minimum absolute atomic E-state index is 0.677. The third kappa shape index (κ3) is 9.55. The predicted molar refractivity (Wildman–Crippen MR) is 91.2 cm³/mol. The Hall–Kier alpha value is -1.96. The fourth-order valence-corrected chi connectivity index (χ4v) is 1.47. The molecule has 0 spiro atoms. The molecule has 0 bridgehead atoms. The minimum Gasteiger partial charge on any atom is -0.493 e. The largest absolute Gasteiger partial charge is 0.493 e. The van der Waals surface area contributed by atoms with E-state index in [-0.39, 0.29) is 0 Å². The molecule has 2 aromatic rings. The molecule has 0 aliphatic carbocycles. The lowest BCUT2D eigenvalue weighted by atomic mass is 10.3. The predicted octanol–water partition coefficient (Wildman–Crippen LogP) is 5.59. The first-order chi connectivity index (χ1) is 10.4. The van der Waals surface area contributed by atoms with Gasteiger partial charge in [-0.15, -0.1) is 0 Å². The van der Waals surface area contributed by atoms with Crippen LogP contribution in [-0.4, -0.2) is 13.2 Å². The Balaban J connectivity index is 0.000000921. The van der Waals surface area contributed by atoms with Gasteiger partial charge >= 0.3 is 0 Å². The second kappa shape index (κ2) is 14.4. The Kier molecular flexibility index (Phi) is 13.1. The number of hydrogen-bond donors (Lipinski definition) is 0. The van der Waals surface area contributed by atoms with Crippen molar-refractivity contribution in [1.29, 1.82) is 0 Å². The highest BCUT2D eigenvalue weighted by atomic mass is 16.5. The molecular formula is C19H28O2. The van der Waals surface area contributed by atoms with E-state index in [4.69, 9.17) is 9.47 Å². The molecule has 0 aromatic heterocycles. The third-order valence-electron chi connectivity index (χ3n) is 2.31. The maximum absolute atomic E-state index is 5.56. The summed E-state index contributed by atoms with van der Waals surface area (Å²) in [6.07, 6.45) is 0.879. The quantitative estimate of drug-likeness (QED) is 0.645. The Bertz CT molecular complexity index is 371. The van der Waals surface area contributed by atoms with E-state index < -0.39 is 0 Å². The number of hydrogen-bond acceptors (Lipinski definition) is 2. The molecule has 0 N–H and O–H groups in total. The second-order valence-corrected chi connectivity index (χ2v) is 3.68. The van der Waals surface area contributed by atoms with Crippen molar-refractivity contribution < 1.29 is 9.47 Å². The molecule has 0 heterocycles. The highest BCUT2D eigenvalue weighted by Gasteiger charge is 1.93. The molecule has 2 rings (SSSR count). The van der Waals surface area contributed by atoms with Gasteiger partial charge in [-0.2, -0.15) is 0 Å². The zero-order valence-electron chi connectivity index (χ0n) is 13.7. The van der Waals surface area contributed by atoms with Crippen LogP contribution in [0.2, 0.25) is 0 Å².